The van der Waals surface area contributed by atoms with Crippen LogP contribution in [0, 0.1) is 11.3 Å². The Morgan fingerprint density at radius 1 is 1.32 bits per heavy atom. The lowest BCUT2D eigenvalue weighted by Gasteiger charge is -2.23. The van der Waals surface area contributed by atoms with E-state index in [4.69, 9.17) is 0 Å². The Kier molecular flexibility index (Phi) is 2.13. The Balaban J connectivity index is 1.92. The highest BCUT2D eigenvalue weighted by Crippen LogP contribution is 2.57. The van der Waals surface area contributed by atoms with Gasteiger partial charge in [0.15, 0.2) is 0 Å². The summed E-state index contributed by atoms with van der Waals surface area (Å²) in [5.74, 6) is -4.21. The molecule has 2 amide bonds. The number of carbonyl (C=O) groups excluding carboxylic acids is 2. The molecule has 100 valence electrons. The molecule has 0 aromatic rings. The van der Waals surface area contributed by atoms with Crippen molar-refractivity contribution in [2.24, 2.45) is 11.3 Å². The number of carbonyl (C=O) groups is 2. The topological polar surface area (TPSA) is 46.2 Å². The summed E-state index contributed by atoms with van der Waals surface area (Å²) < 4.78 is 51.3. The van der Waals surface area contributed by atoms with Crippen LogP contribution in [0.1, 0.15) is 6.42 Å². The van der Waals surface area contributed by atoms with Crippen LogP contribution < -0.4 is 5.32 Å². The number of fused-ring (bicyclic) bond motifs is 1. The first-order chi connectivity index (χ1) is 8.76. The lowest BCUT2D eigenvalue weighted by Crippen LogP contribution is -2.30. The number of alkyl halides is 3. The zero-order valence-electron chi connectivity index (χ0n) is 9.34. The number of hydrogen-bond donors (Lipinski definition) is 1. The summed E-state index contributed by atoms with van der Waals surface area (Å²) in [6, 6.07) is 0. The maximum absolute atomic E-state index is 13.9. The Hall–Kier alpha value is -1.92. The first kappa shape index (κ1) is 12.1. The molecule has 1 N–H and O–H groups in total. The summed E-state index contributed by atoms with van der Waals surface area (Å²) in [7, 11) is 0. The molecule has 3 nitrogen and oxygen atoms in total. The van der Waals surface area contributed by atoms with E-state index in [9.17, 15) is 27.2 Å². The van der Waals surface area contributed by atoms with Crippen molar-refractivity contribution in [3.63, 3.8) is 0 Å². The minimum Gasteiger partial charge on any atom is -0.291 e. The molecule has 0 radical (unpaired) electrons. The lowest BCUT2D eigenvalue weighted by atomic mass is 9.83. The maximum Gasteiger partial charge on any atom is 0.395 e. The summed E-state index contributed by atoms with van der Waals surface area (Å²) >= 11 is 0. The van der Waals surface area contributed by atoms with Gasteiger partial charge in [-0.15, -0.1) is 0 Å². The number of amides is 2. The van der Waals surface area contributed by atoms with E-state index in [0.717, 1.165) is 12.2 Å². The number of allylic oxidation sites excluding steroid dienone is 3. The molecular weight excluding hydrogens is 266 g/mol. The molecule has 19 heavy (non-hydrogen) atoms. The first-order valence-corrected chi connectivity index (χ1v) is 5.50. The molecule has 2 aliphatic carbocycles. The van der Waals surface area contributed by atoms with Gasteiger partial charge in [0, 0.05) is 17.6 Å². The van der Waals surface area contributed by atoms with E-state index in [1.165, 1.54) is 6.08 Å². The zero-order chi connectivity index (χ0) is 14.0. The summed E-state index contributed by atoms with van der Waals surface area (Å²) in [6.45, 7) is 0. The minimum absolute atomic E-state index is 0.109. The second-order valence-corrected chi connectivity index (χ2v) is 4.68. The summed E-state index contributed by atoms with van der Waals surface area (Å²) in [5.41, 5.74) is -1.52. The van der Waals surface area contributed by atoms with E-state index in [1.807, 2.05) is 5.32 Å². The van der Waals surface area contributed by atoms with Crippen molar-refractivity contribution in [1.29, 1.82) is 0 Å². The van der Waals surface area contributed by atoms with E-state index in [-0.39, 0.29) is 11.1 Å². The van der Waals surface area contributed by atoms with Crippen molar-refractivity contribution < 1.29 is 27.2 Å². The average Bonchev–Trinajstić information content (AvgIpc) is 2.98. The fraction of sp³-hybridized carbons (Fsp3) is 0.333. The highest BCUT2D eigenvalue weighted by atomic mass is 19.4. The van der Waals surface area contributed by atoms with Crippen LogP contribution in [0.5, 0.6) is 0 Å². The van der Waals surface area contributed by atoms with Gasteiger partial charge >= 0.3 is 6.18 Å². The molecule has 2 unspecified atom stereocenters. The predicted molar refractivity (Wildman–Crippen MR) is 55.1 cm³/mol. The number of imide groups is 1. The highest BCUT2D eigenvalue weighted by Gasteiger charge is 2.63. The molecular formula is C12H7F4NO2. The van der Waals surface area contributed by atoms with Gasteiger partial charge < -0.3 is 0 Å². The van der Waals surface area contributed by atoms with Gasteiger partial charge in [0.05, 0.1) is 5.92 Å². The second-order valence-electron chi connectivity index (χ2n) is 4.68. The normalized spacial score (nSPS) is 33.3. The van der Waals surface area contributed by atoms with Gasteiger partial charge in [0.1, 0.15) is 11.2 Å². The van der Waals surface area contributed by atoms with Crippen LogP contribution in [0.3, 0.4) is 0 Å². The smallest absolute Gasteiger partial charge is 0.291 e. The molecule has 1 saturated heterocycles. The molecule has 0 saturated carbocycles. The third kappa shape index (κ3) is 1.50. The average molecular weight is 273 g/mol. The predicted octanol–water partition coefficient (Wildman–Crippen LogP) is 1.93. The van der Waals surface area contributed by atoms with Crippen LogP contribution in [0.4, 0.5) is 17.6 Å². The highest BCUT2D eigenvalue weighted by molar-refractivity contribution is 6.25. The second kappa shape index (κ2) is 3.34. The standard InChI is InChI=1S/C12H7F4NO2/c13-8-3-5(12(14,15)16)1-2-6(8)11-4-7(11)9(18)17-10(11)19/h1-2,4-5H,3H2,(H,17,18,19). The van der Waals surface area contributed by atoms with Crippen molar-refractivity contribution in [3.8, 4) is 0 Å². The molecule has 3 aliphatic rings. The molecule has 3 rings (SSSR count). The van der Waals surface area contributed by atoms with Gasteiger partial charge in [-0.05, 0) is 6.08 Å². The molecule has 1 aliphatic heterocycles. The van der Waals surface area contributed by atoms with Crippen LogP contribution in [0.25, 0.3) is 0 Å². The van der Waals surface area contributed by atoms with E-state index in [2.05, 4.69) is 0 Å². The van der Waals surface area contributed by atoms with Crippen LogP contribution in [0.15, 0.2) is 35.2 Å². The van der Waals surface area contributed by atoms with Crippen molar-refractivity contribution in [1.82, 2.24) is 5.32 Å². The molecule has 2 atom stereocenters. The maximum atomic E-state index is 13.9. The third-order valence-electron chi connectivity index (χ3n) is 3.56. The number of halogens is 4. The number of rotatable bonds is 1. The quantitative estimate of drug-likeness (QED) is 0.586. The largest absolute Gasteiger partial charge is 0.395 e. The van der Waals surface area contributed by atoms with E-state index in [0.29, 0.717) is 0 Å². The number of hydrogen-bond acceptors (Lipinski definition) is 2. The first-order valence-electron chi connectivity index (χ1n) is 5.50. The van der Waals surface area contributed by atoms with Crippen molar-refractivity contribution in [2.45, 2.75) is 12.6 Å². The van der Waals surface area contributed by atoms with Gasteiger partial charge in [-0.3, -0.25) is 14.9 Å². The monoisotopic (exact) mass is 273 g/mol. The van der Waals surface area contributed by atoms with Gasteiger partial charge in [0.25, 0.3) is 5.91 Å². The Labute approximate surface area is 104 Å². The van der Waals surface area contributed by atoms with Crippen LogP contribution in [-0.4, -0.2) is 18.0 Å². The Morgan fingerprint density at radius 3 is 2.42 bits per heavy atom. The molecule has 0 aromatic carbocycles. The molecule has 7 heteroatoms. The Bertz CT molecular complexity index is 599. The van der Waals surface area contributed by atoms with E-state index in [1.54, 1.807) is 0 Å². The summed E-state index contributed by atoms with van der Waals surface area (Å²) in [5, 5.41) is 2.01. The summed E-state index contributed by atoms with van der Waals surface area (Å²) in [6.07, 6.45) is -2.29. The van der Waals surface area contributed by atoms with Gasteiger partial charge in [0.2, 0.25) is 5.91 Å². The summed E-state index contributed by atoms with van der Waals surface area (Å²) in [4.78, 5) is 22.9. The van der Waals surface area contributed by atoms with Crippen LogP contribution >= 0.6 is 0 Å². The van der Waals surface area contributed by atoms with Crippen LogP contribution in [-0.2, 0) is 9.59 Å². The van der Waals surface area contributed by atoms with Gasteiger partial charge in [-0.2, -0.15) is 13.2 Å². The zero-order valence-corrected chi connectivity index (χ0v) is 9.34. The fourth-order valence-electron chi connectivity index (χ4n) is 2.47. The molecule has 0 aromatic heterocycles. The van der Waals surface area contributed by atoms with E-state index >= 15 is 0 Å². The lowest BCUT2D eigenvalue weighted by molar-refractivity contribution is -0.161. The molecule has 1 fully saturated rings. The van der Waals surface area contributed by atoms with Crippen molar-refractivity contribution in [2.75, 3.05) is 0 Å². The molecule has 0 spiro atoms. The van der Waals surface area contributed by atoms with Crippen LogP contribution in [0.2, 0.25) is 0 Å². The van der Waals surface area contributed by atoms with Gasteiger partial charge in [-0.25, -0.2) is 4.39 Å². The van der Waals surface area contributed by atoms with Gasteiger partial charge in [-0.1, -0.05) is 12.2 Å². The Morgan fingerprint density at radius 2 is 2.00 bits per heavy atom. The number of nitrogens with one attached hydrogen (secondary N) is 1. The van der Waals surface area contributed by atoms with E-state index < -0.39 is 41.6 Å². The minimum atomic E-state index is -4.52. The molecule has 0 bridgehead atoms. The van der Waals surface area contributed by atoms with Crippen molar-refractivity contribution >= 4 is 11.8 Å². The SMILES string of the molecule is O=C1NC(=O)C2(C3=C(F)CC(C(F)(F)F)C=C3)C=C12. The third-order valence-corrected chi connectivity index (χ3v) is 3.56. The molecule has 1 heterocycles. The fourth-order valence-corrected chi connectivity index (χ4v) is 2.47. The van der Waals surface area contributed by atoms with Crippen molar-refractivity contribution in [3.05, 3.63) is 35.2 Å².